The van der Waals surface area contributed by atoms with Gasteiger partial charge in [-0.25, -0.2) is 4.98 Å². The molecule has 4 heteroatoms. The Morgan fingerprint density at radius 3 is 2.68 bits per heavy atom. The van der Waals surface area contributed by atoms with Crippen LogP contribution in [0.1, 0.15) is 31.7 Å². The summed E-state index contributed by atoms with van der Waals surface area (Å²) < 4.78 is 1.22. The fraction of sp³-hybridized carbons (Fsp3) is 0.533. The third-order valence-electron chi connectivity index (χ3n) is 3.56. The highest BCUT2D eigenvalue weighted by Gasteiger charge is 2.14. The molecule has 0 radical (unpaired) electrons. The van der Waals surface area contributed by atoms with E-state index in [-0.39, 0.29) is 6.10 Å². The van der Waals surface area contributed by atoms with E-state index in [2.05, 4.69) is 30.2 Å². The summed E-state index contributed by atoms with van der Waals surface area (Å²) in [5, 5.41) is 14.4. The van der Waals surface area contributed by atoms with Crippen molar-refractivity contribution in [2.45, 2.75) is 39.3 Å². The van der Waals surface area contributed by atoms with Gasteiger partial charge < -0.3 is 10.4 Å². The van der Waals surface area contributed by atoms with Crippen LogP contribution >= 0.6 is 11.3 Å². The van der Waals surface area contributed by atoms with E-state index in [1.807, 2.05) is 18.2 Å². The van der Waals surface area contributed by atoms with Gasteiger partial charge >= 0.3 is 0 Å². The molecule has 1 unspecified atom stereocenters. The molecule has 3 nitrogen and oxygen atoms in total. The second kappa shape index (κ2) is 6.98. The van der Waals surface area contributed by atoms with E-state index in [4.69, 9.17) is 0 Å². The number of nitrogens with zero attached hydrogens (tertiary/aromatic N) is 1. The van der Waals surface area contributed by atoms with Crippen LogP contribution in [0.5, 0.6) is 0 Å². The predicted molar refractivity (Wildman–Crippen MR) is 81.4 cm³/mol. The number of rotatable bonds is 7. The summed E-state index contributed by atoms with van der Waals surface area (Å²) in [4.78, 5) is 4.57. The van der Waals surface area contributed by atoms with Crippen LogP contribution in [0, 0.1) is 5.92 Å². The SMILES string of the molecule is CCC(CC)C(O)CNCc1nc2ccccc2s1. The average Bonchev–Trinajstić information content (AvgIpc) is 2.82. The fourth-order valence-corrected chi connectivity index (χ4v) is 3.26. The molecule has 0 spiro atoms. The van der Waals surface area contributed by atoms with Gasteiger partial charge in [-0.3, -0.25) is 0 Å². The molecule has 1 heterocycles. The highest BCUT2D eigenvalue weighted by Crippen LogP contribution is 2.21. The van der Waals surface area contributed by atoms with Crippen LogP contribution in [0.25, 0.3) is 10.2 Å². The molecule has 0 saturated carbocycles. The number of nitrogens with one attached hydrogen (secondary N) is 1. The largest absolute Gasteiger partial charge is 0.392 e. The van der Waals surface area contributed by atoms with Crippen molar-refractivity contribution in [2.24, 2.45) is 5.92 Å². The summed E-state index contributed by atoms with van der Waals surface area (Å²) >= 11 is 1.71. The van der Waals surface area contributed by atoms with E-state index in [0.29, 0.717) is 12.5 Å². The maximum absolute atomic E-state index is 10.0. The topological polar surface area (TPSA) is 45.1 Å². The molecule has 2 rings (SSSR count). The first-order chi connectivity index (χ1) is 9.24. The molecule has 2 aromatic rings. The monoisotopic (exact) mass is 278 g/mol. The van der Waals surface area contributed by atoms with Crippen molar-refractivity contribution < 1.29 is 5.11 Å². The Hall–Kier alpha value is -0.970. The van der Waals surface area contributed by atoms with Crippen LogP contribution in [0.15, 0.2) is 24.3 Å². The van der Waals surface area contributed by atoms with Gasteiger partial charge in [0.05, 0.1) is 16.3 Å². The lowest BCUT2D eigenvalue weighted by Gasteiger charge is -2.20. The third kappa shape index (κ3) is 3.75. The predicted octanol–water partition coefficient (Wildman–Crippen LogP) is 3.18. The molecular weight excluding hydrogens is 256 g/mol. The molecule has 0 aliphatic rings. The molecule has 0 aliphatic carbocycles. The lowest BCUT2D eigenvalue weighted by molar-refractivity contribution is 0.101. The first-order valence-corrected chi connectivity index (χ1v) is 7.79. The molecule has 0 amide bonds. The molecule has 1 aromatic carbocycles. The van der Waals surface area contributed by atoms with E-state index >= 15 is 0 Å². The average molecular weight is 278 g/mol. The first kappa shape index (κ1) is 14.4. The Kier molecular flexibility index (Phi) is 5.31. The summed E-state index contributed by atoms with van der Waals surface area (Å²) in [7, 11) is 0. The van der Waals surface area contributed by atoms with Gasteiger partial charge in [0.2, 0.25) is 0 Å². The van der Waals surface area contributed by atoms with Crippen molar-refractivity contribution in [1.29, 1.82) is 0 Å². The van der Waals surface area contributed by atoms with Gasteiger partial charge in [0.25, 0.3) is 0 Å². The summed E-state index contributed by atoms with van der Waals surface area (Å²) in [6.07, 6.45) is 1.80. The normalized spacial score (nSPS) is 13.3. The van der Waals surface area contributed by atoms with E-state index in [9.17, 15) is 5.11 Å². The standard InChI is InChI=1S/C15H22N2OS/c1-3-11(4-2)13(18)9-16-10-15-17-12-7-5-6-8-14(12)19-15/h5-8,11,13,16,18H,3-4,9-10H2,1-2H3. The first-order valence-electron chi connectivity index (χ1n) is 6.97. The highest BCUT2D eigenvalue weighted by molar-refractivity contribution is 7.18. The molecule has 0 saturated heterocycles. The molecule has 1 aromatic heterocycles. The van der Waals surface area contributed by atoms with E-state index in [1.165, 1.54) is 4.70 Å². The van der Waals surface area contributed by atoms with E-state index < -0.39 is 0 Å². The molecule has 0 bridgehead atoms. The van der Waals surface area contributed by atoms with Gasteiger partial charge in [-0.2, -0.15) is 0 Å². The number of thiazole rings is 1. The molecular formula is C15H22N2OS. The van der Waals surface area contributed by atoms with Gasteiger partial charge in [0, 0.05) is 13.1 Å². The highest BCUT2D eigenvalue weighted by atomic mass is 32.1. The van der Waals surface area contributed by atoms with Gasteiger partial charge in [-0.15, -0.1) is 11.3 Å². The van der Waals surface area contributed by atoms with Gasteiger partial charge in [0.1, 0.15) is 5.01 Å². The molecule has 0 fully saturated rings. The summed E-state index contributed by atoms with van der Waals surface area (Å²) in [6.45, 7) is 5.63. The van der Waals surface area contributed by atoms with E-state index in [0.717, 1.165) is 29.9 Å². The van der Waals surface area contributed by atoms with Crippen LogP contribution in [-0.4, -0.2) is 22.7 Å². The molecule has 1 atom stereocenters. The van der Waals surface area contributed by atoms with Crippen molar-refractivity contribution in [3.63, 3.8) is 0 Å². The van der Waals surface area contributed by atoms with Crippen LogP contribution in [-0.2, 0) is 6.54 Å². The lowest BCUT2D eigenvalue weighted by Crippen LogP contribution is -2.32. The Balaban J connectivity index is 1.85. The number of aromatic nitrogens is 1. The number of hydrogen-bond donors (Lipinski definition) is 2. The summed E-state index contributed by atoms with van der Waals surface area (Å²) in [5.41, 5.74) is 1.06. The van der Waals surface area contributed by atoms with E-state index in [1.54, 1.807) is 11.3 Å². The van der Waals surface area contributed by atoms with Gasteiger partial charge in [0.15, 0.2) is 0 Å². The number of aliphatic hydroxyl groups is 1. The smallest absolute Gasteiger partial charge is 0.108 e. The Morgan fingerprint density at radius 2 is 2.00 bits per heavy atom. The third-order valence-corrected chi connectivity index (χ3v) is 4.60. The minimum Gasteiger partial charge on any atom is -0.392 e. The molecule has 2 N–H and O–H groups in total. The zero-order valence-electron chi connectivity index (χ0n) is 11.6. The van der Waals surface area contributed by atoms with Crippen LogP contribution in [0.4, 0.5) is 0 Å². The fourth-order valence-electron chi connectivity index (χ4n) is 2.32. The molecule has 104 valence electrons. The van der Waals surface area contributed by atoms with Crippen molar-refractivity contribution in [3.05, 3.63) is 29.3 Å². The number of fused-ring (bicyclic) bond motifs is 1. The number of para-hydroxylation sites is 1. The zero-order valence-corrected chi connectivity index (χ0v) is 12.4. The summed E-state index contributed by atoms with van der Waals surface area (Å²) in [6, 6.07) is 8.18. The van der Waals surface area contributed by atoms with Crippen LogP contribution < -0.4 is 5.32 Å². The van der Waals surface area contributed by atoms with Crippen molar-refractivity contribution in [1.82, 2.24) is 10.3 Å². The summed E-state index contributed by atoms with van der Waals surface area (Å²) in [5.74, 6) is 0.392. The number of aliphatic hydroxyl groups excluding tert-OH is 1. The number of hydrogen-bond acceptors (Lipinski definition) is 4. The lowest BCUT2D eigenvalue weighted by atomic mass is 9.97. The Bertz CT molecular complexity index is 475. The minimum absolute atomic E-state index is 0.260. The second-order valence-corrected chi connectivity index (χ2v) is 5.97. The molecule has 0 aliphatic heterocycles. The maximum atomic E-state index is 10.0. The van der Waals surface area contributed by atoms with Gasteiger partial charge in [-0.1, -0.05) is 38.8 Å². The van der Waals surface area contributed by atoms with Crippen molar-refractivity contribution in [2.75, 3.05) is 6.54 Å². The minimum atomic E-state index is -0.260. The quantitative estimate of drug-likeness (QED) is 0.817. The van der Waals surface area contributed by atoms with Crippen molar-refractivity contribution in [3.8, 4) is 0 Å². The van der Waals surface area contributed by atoms with Crippen molar-refractivity contribution >= 4 is 21.6 Å². The second-order valence-electron chi connectivity index (χ2n) is 4.85. The Morgan fingerprint density at radius 1 is 1.26 bits per heavy atom. The van der Waals surface area contributed by atoms with Crippen LogP contribution in [0.3, 0.4) is 0 Å². The molecule has 19 heavy (non-hydrogen) atoms. The zero-order chi connectivity index (χ0) is 13.7. The maximum Gasteiger partial charge on any atom is 0.108 e. The van der Waals surface area contributed by atoms with Crippen LogP contribution in [0.2, 0.25) is 0 Å². The van der Waals surface area contributed by atoms with Gasteiger partial charge in [-0.05, 0) is 18.1 Å². The number of benzene rings is 1. The Labute approximate surface area is 118 Å².